The zero-order chi connectivity index (χ0) is 7.94. The predicted molar refractivity (Wildman–Crippen MR) is 47.4 cm³/mol. The molecule has 0 bridgehead atoms. The van der Waals surface area contributed by atoms with Gasteiger partial charge in [0.05, 0.1) is 6.10 Å². The minimum absolute atomic E-state index is 0.579. The molecule has 1 nitrogen and oxygen atoms in total. The molecule has 0 unspecified atom stereocenters. The molecule has 0 spiro atoms. The van der Waals surface area contributed by atoms with Crippen LogP contribution in [0.3, 0.4) is 0 Å². The van der Waals surface area contributed by atoms with Gasteiger partial charge in [-0.05, 0) is 19.3 Å². The van der Waals surface area contributed by atoms with Crippen molar-refractivity contribution in [3.8, 4) is 0 Å². The minimum Gasteiger partial charge on any atom is -0.378 e. The third kappa shape index (κ3) is 3.76. The van der Waals surface area contributed by atoms with Crippen LogP contribution < -0.4 is 0 Å². The topological polar surface area (TPSA) is 9.23 Å². The van der Waals surface area contributed by atoms with Gasteiger partial charge in [-0.25, -0.2) is 0 Å². The first kappa shape index (κ1) is 9.05. The van der Waals surface area contributed by atoms with Gasteiger partial charge in [0.2, 0.25) is 0 Å². The molecular formula is C10H19O. The number of ether oxygens (including phenoxy) is 1. The van der Waals surface area contributed by atoms with Crippen molar-refractivity contribution in [2.75, 3.05) is 6.61 Å². The summed E-state index contributed by atoms with van der Waals surface area (Å²) in [5.74, 6) is 0. The maximum atomic E-state index is 5.68. The van der Waals surface area contributed by atoms with E-state index in [1.807, 2.05) is 0 Å². The molecule has 11 heavy (non-hydrogen) atoms. The number of rotatable bonds is 4. The van der Waals surface area contributed by atoms with Crippen molar-refractivity contribution in [3.05, 3.63) is 6.92 Å². The Hall–Kier alpha value is -0.0400. The highest BCUT2D eigenvalue weighted by Gasteiger charge is 2.12. The van der Waals surface area contributed by atoms with Crippen LogP contribution in [0.5, 0.6) is 0 Å². The van der Waals surface area contributed by atoms with Crippen molar-refractivity contribution in [3.63, 3.8) is 0 Å². The Morgan fingerprint density at radius 1 is 1.18 bits per heavy atom. The van der Waals surface area contributed by atoms with E-state index in [4.69, 9.17) is 4.74 Å². The average Bonchev–Trinajstić information content (AvgIpc) is 2.07. The van der Waals surface area contributed by atoms with E-state index < -0.39 is 0 Å². The van der Waals surface area contributed by atoms with Gasteiger partial charge in [0.1, 0.15) is 0 Å². The van der Waals surface area contributed by atoms with Gasteiger partial charge in [-0.2, -0.15) is 0 Å². The first-order valence-corrected chi connectivity index (χ1v) is 4.84. The molecule has 1 saturated carbocycles. The summed E-state index contributed by atoms with van der Waals surface area (Å²) in [7, 11) is 0. The van der Waals surface area contributed by atoms with E-state index in [0.29, 0.717) is 6.10 Å². The molecule has 0 aromatic rings. The molecule has 0 aliphatic heterocycles. The number of hydrogen-bond donors (Lipinski definition) is 0. The van der Waals surface area contributed by atoms with Crippen LogP contribution in [0.2, 0.25) is 0 Å². The molecule has 0 amide bonds. The summed E-state index contributed by atoms with van der Waals surface area (Å²) in [6, 6.07) is 0. The van der Waals surface area contributed by atoms with Crippen molar-refractivity contribution in [2.24, 2.45) is 0 Å². The van der Waals surface area contributed by atoms with E-state index in [9.17, 15) is 0 Å². The van der Waals surface area contributed by atoms with E-state index in [2.05, 4.69) is 6.92 Å². The summed E-state index contributed by atoms with van der Waals surface area (Å²) in [4.78, 5) is 0. The Morgan fingerprint density at radius 2 is 1.91 bits per heavy atom. The van der Waals surface area contributed by atoms with E-state index in [-0.39, 0.29) is 0 Å². The molecule has 65 valence electrons. The first-order valence-electron chi connectivity index (χ1n) is 4.84. The van der Waals surface area contributed by atoms with Crippen LogP contribution in [0.4, 0.5) is 0 Å². The molecule has 0 saturated heterocycles. The van der Waals surface area contributed by atoms with Crippen LogP contribution in [-0.2, 0) is 4.74 Å². The van der Waals surface area contributed by atoms with Crippen LogP contribution in [0, 0.1) is 6.92 Å². The summed E-state index contributed by atoms with van der Waals surface area (Å²) in [6.07, 6.45) is 9.44. The van der Waals surface area contributed by atoms with E-state index in [0.717, 1.165) is 19.4 Å². The van der Waals surface area contributed by atoms with E-state index in [1.54, 1.807) is 0 Å². The Kier molecular flexibility index (Phi) is 4.60. The van der Waals surface area contributed by atoms with Gasteiger partial charge in [0, 0.05) is 6.61 Å². The quantitative estimate of drug-likeness (QED) is 0.567. The van der Waals surface area contributed by atoms with Crippen LogP contribution in [0.1, 0.15) is 44.9 Å². The standard InChI is InChI=1S/C10H19O/c1-2-3-9-11-10-7-5-4-6-8-10/h10H,1-9H2. The fraction of sp³-hybridized carbons (Fsp3) is 0.900. The molecule has 1 aliphatic carbocycles. The Labute approximate surface area is 70.1 Å². The summed E-state index contributed by atoms with van der Waals surface area (Å²) < 4.78 is 5.68. The highest BCUT2D eigenvalue weighted by Crippen LogP contribution is 2.20. The molecule has 0 atom stereocenters. The predicted octanol–water partition coefficient (Wildman–Crippen LogP) is 2.95. The van der Waals surface area contributed by atoms with Crippen LogP contribution in [0.25, 0.3) is 0 Å². The second kappa shape index (κ2) is 5.59. The summed E-state index contributed by atoms with van der Waals surface area (Å²) in [6.45, 7) is 4.71. The maximum Gasteiger partial charge on any atom is 0.0575 e. The highest BCUT2D eigenvalue weighted by atomic mass is 16.5. The maximum absolute atomic E-state index is 5.68. The van der Waals surface area contributed by atoms with Gasteiger partial charge < -0.3 is 4.74 Å². The average molecular weight is 155 g/mol. The van der Waals surface area contributed by atoms with Crippen LogP contribution >= 0.6 is 0 Å². The van der Waals surface area contributed by atoms with Gasteiger partial charge in [-0.3, -0.25) is 0 Å². The van der Waals surface area contributed by atoms with Gasteiger partial charge in [0.25, 0.3) is 0 Å². The van der Waals surface area contributed by atoms with Crippen molar-refractivity contribution >= 4 is 0 Å². The minimum atomic E-state index is 0.579. The first-order chi connectivity index (χ1) is 5.43. The van der Waals surface area contributed by atoms with Crippen molar-refractivity contribution in [2.45, 2.75) is 51.0 Å². The lowest BCUT2D eigenvalue weighted by Gasteiger charge is -2.21. The Bertz CT molecular complexity index is 84.9. The lowest BCUT2D eigenvalue weighted by molar-refractivity contribution is 0.0275. The summed E-state index contributed by atoms with van der Waals surface area (Å²) in [5, 5.41) is 0. The van der Waals surface area contributed by atoms with Crippen molar-refractivity contribution in [1.29, 1.82) is 0 Å². The van der Waals surface area contributed by atoms with Gasteiger partial charge in [0.15, 0.2) is 0 Å². The fourth-order valence-corrected chi connectivity index (χ4v) is 1.58. The van der Waals surface area contributed by atoms with E-state index >= 15 is 0 Å². The molecule has 0 aromatic carbocycles. The Morgan fingerprint density at radius 3 is 2.55 bits per heavy atom. The third-order valence-electron chi connectivity index (χ3n) is 2.30. The summed E-state index contributed by atoms with van der Waals surface area (Å²) in [5.41, 5.74) is 0. The number of unbranched alkanes of at least 4 members (excludes halogenated alkanes) is 1. The third-order valence-corrected chi connectivity index (χ3v) is 2.30. The smallest absolute Gasteiger partial charge is 0.0575 e. The lowest BCUT2D eigenvalue weighted by Crippen LogP contribution is -2.16. The number of hydrogen-bond acceptors (Lipinski definition) is 1. The van der Waals surface area contributed by atoms with E-state index in [1.165, 1.54) is 32.1 Å². The molecular weight excluding hydrogens is 136 g/mol. The molecule has 0 heterocycles. The second-order valence-corrected chi connectivity index (χ2v) is 3.34. The summed E-state index contributed by atoms with van der Waals surface area (Å²) >= 11 is 0. The SMILES string of the molecule is [CH2]CCCOC1CCCCC1. The van der Waals surface area contributed by atoms with Crippen molar-refractivity contribution in [1.82, 2.24) is 0 Å². The zero-order valence-electron chi connectivity index (χ0n) is 7.35. The molecule has 1 aliphatic rings. The van der Waals surface area contributed by atoms with Crippen molar-refractivity contribution < 1.29 is 4.74 Å². The van der Waals surface area contributed by atoms with Crippen LogP contribution in [-0.4, -0.2) is 12.7 Å². The van der Waals surface area contributed by atoms with Crippen LogP contribution in [0.15, 0.2) is 0 Å². The molecule has 1 fully saturated rings. The molecule has 1 rings (SSSR count). The Balaban J connectivity index is 1.96. The monoisotopic (exact) mass is 155 g/mol. The second-order valence-electron chi connectivity index (χ2n) is 3.34. The zero-order valence-corrected chi connectivity index (χ0v) is 7.35. The molecule has 0 N–H and O–H groups in total. The largest absolute Gasteiger partial charge is 0.378 e. The van der Waals surface area contributed by atoms with Gasteiger partial charge in [-0.15, -0.1) is 0 Å². The molecule has 1 radical (unpaired) electrons. The molecule has 1 heteroatoms. The van der Waals surface area contributed by atoms with Gasteiger partial charge in [-0.1, -0.05) is 32.6 Å². The lowest BCUT2D eigenvalue weighted by atomic mass is 9.98. The normalized spacial score (nSPS) is 20.5. The molecule has 0 aromatic heterocycles. The fourth-order valence-electron chi connectivity index (χ4n) is 1.58. The van der Waals surface area contributed by atoms with Gasteiger partial charge >= 0.3 is 0 Å². The highest BCUT2D eigenvalue weighted by molar-refractivity contribution is 4.64.